The summed E-state index contributed by atoms with van der Waals surface area (Å²) in [6.45, 7) is 5.13. The van der Waals surface area contributed by atoms with E-state index in [1.165, 1.54) is 12.8 Å². The van der Waals surface area contributed by atoms with Crippen LogP contribution in [0.1, 0.15) is 50.7 Å². The van der Waals surface area contributed by atoms with Crippen LogP contribution in [0.4, 0.5) is 0 Å². The van der Waals surface area contributed by atoms with E-state index >= 15 is 0 Å². The molecule has 2 aromatic carbocycles. The average Bonchev–Trinajstić information content (AvgIpc) is 2.69. The molecular formula is C23H31NO3. The summed E-state index contributed by atoms with van der Waals surface area (Å²) < 4.78 is 5.59. The van der Waals surface area contributed by atoms with Gasteiger partial charge in [-0.2, -0.15) is 0 Å². The summed E-state index contributed by atoms with van der Waals surface area (Å²) >= 11 is 0. The lowest BCUT2D eigenvalue weighted by atomic mass is 9.99. The highest BCUT2D eigenvalue weighted by Gasteiger charge is 2.09. The maximum atomic E-state index is 12.0. The first-order valence-electron chi connectivity index (χ1n) is 9.87. The van der Waals surface area contributed by atoms with Crippen LogP contribution in [0, 0.1) is 5.92 Å². The molecule has 0 radical (unpaired) electrons. The number of rotatable bonds is 11. The normalized spacial score (nSPS) is 11.8. The fourth-order valence-corrected chi connectivity index (χ4v) is 2.95. The number of unbranched alkanes of at least 4 members (excludes halogenated alkanes) is 1. The first kappa shape index (κ1) is 20.8. The zero-order chi connectivity index (χ0) is 19.5. The number of phenols is 1. The number of carbonyl (C=O) groups excluding carboxylic acids is 1. The Labute approximate surface area is 162 Å². The van der Waals surface area contributed by atoms with Crippen molar-refractivity contribution in [1.29, 1.82) is 0 Å². The quantitative estimate of drug-likeness (QED) is 0.604. The number of ether oxygens (including phenoxy) is 1. The molecule has 0 aliphatic heterocycles. The number of amides is 1. The summed E-state index contributed by atoms with van der Waals surface area (Å²) in [5.41, 5.74) is 2.29. The van der Waals surface area contributed by atoms with Crippen molar-refractivity contribution >= 4 is 5.91 Å². The Morgan fingerprint density at radius 2 is 1.67 bits per heavy atom. The number of hydrogen-bond donors (Lipinski definition) is 2. The molecule has 27 heavy (non-hydrogen) atoms. The van der Waals surface area contributed by atoms with Crippen LogP contribution in [0.15, 0.2) is 48.5 Å². The number of aromatic hydroxyl groups is 1. The van der Waals surface area contributed by atoms with Gasteiger partial charge in [0.15, 0.2) is 6.61 Å². The van der Waals surface area contributed by atoms with E-state index in [9.17, 15) is 9.90 Å². The third kappa shape index (κ3) is 7.73. The predicted octanol–water partition coefficient (Wildman–Crippen LogP) is 4.69. The van der Waals surface area contributed by atoms with Crippen LogP contribution >= 0.6 is 0 Å². The topological polar surface area (TPSA) is 58.6 Å². The molecule has 0 fully saturated rings. The Morgan fingerprint density at radius 1 is 1.04 bits per heavy atom. The van der Waals surface area contributed by atoms with Crippen LogP contribution in [0.2, 0.25) is 0 Å². The monoisotopic (exact) mass is 369 g/mol. The van der Waals surface area contributed by atoms with Crippen molar-refractivity contribution in [2.75, 3.05) is 13.2 Å². The molecule has 0 aliphatic carbocycles. The minimum Gasteiger partial charge on any atom is -0.508 e. The SMILES string of the molecule is CCCCC(CC)CNC(=O)COc1ccc(Cc2ccc(O)cc2)cc1. The lowest BCUT2D eigenvalue weighted by molar-refractivity contribution is -0.123. The van der Waals surface area contributed by atoms with Crippen molar-refractivity contribution in [3.63, 3.8) is 0 Å². The van der Waals surface area contributed by atoms with Crippen LogP contribution < -0.4 is 10.1 Å². The highest BCUT2D eigenvalue weighted by molar-refractivity contribution is 5.77. The van der Waals surface area contributed by atoms with Gasteiger partial charge in [-0.3, -0.25) is 4.79 Å². The van der Waals surface area contributed by atoms with E-state index in [2.05, 4.69) is 19.2 Å². The molecule has 1 amide bonds. The maximum Gasteiger partial charge on any atom is 0.257 e. The molecule has 4 heteroatoms. The maximum absolute atomic E-state index is 12.0. The van der Waals surface area contributed by atoms with Gasteiger partial charge in [0.05, 0.1) is 0 Å². The summed E-state index contributed by atoms with van der Waals surface area (Å²) in [6, 6.07) is 15.0. The summed E-state index contributed by atoms with van der Waals surface area (Å²) in [6.07, 6.45) is 5.44. The van der Waals surface area contributed by atoms with E-state index in [0.29, 0.717) is 11.7 Å². The van der Waals surface area contributed by atoms with Gasteiger partial charge in [0.2, 0.25) is 0 Å². The van der Waals surface area contributed by atoms with Crippen molar-refractivity contribution < 1.29 is 14.6 Å². The largest absolute Gasteiger partial charge is 0.508 e. The lowest BCUT2D eigenvalue weighted by Gasteiger charge is -2.15. The Balaban J connectivity index is 1.74. The number of carbonyl (C=O) groups is 1. The molecule has 0 aliphatic rings. The molecule has 0 saturated carbocycles. The number of benzene rings is 2. The zero-order valence-corrected chi connectivity index (χ0v) is 16.4. The first-order chi connectivity index (χ1) is 13.1. The predicted molar refractivity (Wildman–Crippen MR) is 109 cm³/mol. The molecule has 0 heterocycles. The number of nitrogens with one attached hydrogen (secondary N) is 1. The number of hydrogen-bond acceptors (Lipinski definition) is 3. The molecule has 2 rings (SSSR count). The second kappa shape index (κ2) is 11.3. The summed E-state index contributed by atoms with van der Waals surface area (Å²) in [5, 5.41) is 12.3. The standard InChI is InChI=1S/C23H31NO3/c1-3-5-6-18(4-2)16-24-23(26)17-27-22-13-9-20(10-14-22)15-19-7-11-21(25)12-8-19/h7-14,18,25H,3-6,15-17H2,1-2H3,(H,24,26). The van der Waals surface area contributed by atoms with Crippen molar-refractivity contribution in [3.8, 4) is 11.5 Å². The number of phenolic OH excluding ortho intramolecular Hbond substituents is 1. The molecule has 0 bridgehead atoms. The molecule has 1 atom stereocenters. The van der Waals surface area contributed by atoms with E-state index < -0.39 is 0 Å². The van der Waals surface area contributed by atoms with Crippen LogP contribution in [-0.4, -0.2) is 24.2 Å². The van der Waals surface area contributed by atoms with Crippen molar-refractivity contribution in [2.24, 2.45) is 5.92 Å². The molecule has 4 nitrogen and oxygen atoms in total. The van der Waals surface area contributed by atoms with Gasteiger partial charge in [-0.05, 0) is 54.2 Å². The van der Waals surface area contributed by atoms with Crippen LogP contribution in [0.5, 0.6) is 11.5 Å². The Kier molecular flexibility index (Phi) is 8.69. The smallest absolute Gasteiger partial charge is 0.257 e. The van der Waals surface area contributed by atoms with E-state index in [1.807, 2.05) is 36.4 Å². The van der Waals surface area contributed by atoms with Gasteiger partial charge in [0, 0.05) is 6.54 Å². The molecule has 2 aromatic rings. The van der Waals surface area contributed by atoms with Gasteiger partial charge in [0.25, 0.3) is 5.91 Å². The van der Waals surface area contributed by atoms with Gasteiger partial charge in [0.1, 0.15) is 11.5 Å². The van der Waals surface area contributed by atoms with Crippen LogP contribution in [0.25, 0.3) is 0 Å². The fraction of sp³-hybridized carbons (Fsp3) is 0.435. The molecule has 2 N–H and O–H groups in total. The lowest BCUT2D eigenvalue weighted by Crippen LogP contribution is -2.33. The second-order valence-corrected chi connectivity index (χ2v) is 7.00. The van der Waals surface area contributed by atoms with Crippen molar-refractivity contribution in [1.82, 2.24) is 5.32 Å². The van der Waals surface area contributed by atoms with E-state index in [1.54, 1.807) is 12.1 Å². The molecule has 1 unspecified atom stereocenters. The van der Waals surface area contributed by atoms with Crippen molar-refractivity contribution in [2.45, 2.75) is 46.0 Å². The Hall–Kier alpha value is -2.49. The molecule has 0 aromatic heterocycles. The Bertz CT molecular complexity index is 680. The van der Waals surface area contributed by atoms with Crippen molar-refractivity contribution in [3.05, 3.63) is 59.7 Å². The third-order valence-corrected chi connectivity index (χ3v) is 4.77. The van der Waals surface area contributed by atoms with Gasteiger partial charge >= 0.3 is 0 Å². The van der Waals surface area contributed by atoms with Gasteiger partial charge in [-0.1, -0.05) is 57.4 Å². The van der Waals surface area contributed by atoms with Gasteiger partial charge in [-0.15, -0.1) is 0 Å². The summed E-state index contributed by atoms with van der Waals surface area (Å²) in [5.74, 6) is 1.44. The van der Waals surface area contributed by atoms with E-state index in [-0.39, 0.29) is 18.3 Å². The van der Waals surface area contributed by atoms with Gasteiger partial charge in [-0.25, -0.2) is 0 Å². The highest BCUT2D eigenvalue weighted by atomic mass is 16.5. The minimum atomic E-state index is -0.0712. The molecule has 0 saturated heterocycles. The van der Waals surface area contributed by atoms with E-state index in [4.69, 9.17) is 4.74 Å². The average molecular weight is 370 g/mol. The molecule has 146 valence electrons. The minimum absolute atomic E-state index is 0.0432. The highest BCUT2D eigenvalue weighted by Crippen LogP contribution is 2.17. The van der Waals surface area contributed by atoms with E-state index in [0.717, 1.165) is 36.9 Å². The van der Waals surface area contributed by atoms with Gasteiger partial charge < -0.3 is 15.2 Å². The third-order valence-electron chi connectivity index (χ3n) is 4.77. The first-order valence-corrected chi connectivity index (χ1v) is 9.87. The summed E-state index contributed by atoms with van der Waals surface area (Å²) in [4.78, 5) is 12.0. The fourth-order valence-electron chi connectivity index (χ4n) is 2.95. The molecular weight excluding hydrogens is 338 g/mol. The Morgan fingerprint density at radius 3 is 2.26 bits per heavy atom. The summed E-state index contributed by atoms with van der Waals surface area (Å²) in [7, 11) is 0. The van der Waals surface area contributed by atoms with Crippen LogP contribution in [0.3, 0.4) is 0 Å². The zero-order valence-electron chi connectivity index (χ0n) is 16.4. The molecule has 0 spiro atoms. The second-order valence-electron chi connectivity index (χ2n) is 7.00. The van der Waals surface area contributed by atoms with Crippen LogP contribution in [-0.2, 0) is 11.2 Å².